The number of nitrogens with one attached hydrogen (secondary N) is 5. The van der Waals surface area contributed by atoms with Crippen molar-refractivity contribution in [1.29, 1.82) is 0 Å². The molecule has 5 bridgehead atoms. The summed E-state index contributed by atoms with van der Waals surface area (Å²) >= 11 is 1.13. The molecule has 0 unspecified atom stereocenters. The first-order valence-electron chi connectivity index (χ1n) is 27.4. The number of cyclic esters (lactones) is 1. The molecule has 5 rings (SSSR count). The summed E-state index contributed by atoms with van der Waals surface area (Å²) in [5, 5.41) is 13.8. The fraction of sp³-hybridized carbons (Fsp3) is 0.561. The van der Waals surface area contributed by atoms with E-state index in [9.17, 15) is 28.8 Å². The Morgan fingerprint density at radius 2 is 1.52 bits per heavy atom. The summed E-state index contributed by atoms with van der Waals surface area (Å²) in [6, 6.07) is 2.91. The van der Waals surface area contributed by atoms with Gasteiger partial charge in [0.1, 0.15) is 53.7 Å². The molecule has 0 fully saturated rings. The third kappa shape index (κ3) is 16.3. The summed E-state index contributed by atoms with van der Waals surface area (Å²) in [6.45, 7) is 32.3. The van der Waals surface area contributed by atoms with Gasteiger partial charge < -0.3 is 49.8 Å². The first-order chi connectivity index (χ1) is 37.9. The Bertz CT molecular complexity index is 2890. The molecule has 9 atom stereocenters. The van der Waals surface area contributed by atoms with Gasteiger partial charge in [-0.05, 0) is 87.1 Å². The number of esters is 1. The highest BCUT2D eigenvalue weighted by atomic mass is 32.1. The van der Waals surface area contributed by atoms with Gasteiger partial charge in [-0.3, -0.25) is 24.0 Å². The molecular weight excluding hydrogens is 1120 g/mol. The molecule has 0 saturated heterocycles. The van der Waals surface area contributed by atoms with Crippen LogP contribution in [0.3, 0.4) is 0 Å². The largest absolute Gasteiger partial charge is 0.471 e. The number of fused-ring (bicyclic) bond motifs is 4. The van der Waals surface area contributed by atoms with Gasteiger partial charge in [-0.25, -0.2) is 19.6 Å². The number of hydrogen-bond donors (Lipinski definition) is 5. The van der Waals surface area contributed by atoms with E-state index in [2.05, 4.69) is 53.9 Å². The molecular formula is C57H81F3N8O11SSi2. The lowest BCUT2D eigenvalue weighted by atomic mass is 9.87. The van der Waals surface area contributed by atoms with Crippen LogP contribution in [0.4, 0.5) is 18.0 Å². The highest BCUT2D eigenvalue weighted by molar-refractivity contribution is 7.09. The van der Waals surface area contributed by atoms with Crippen molar-refractivity contribution in [3.63, 3.8) is 0 Å². The number of carbonyl (C=O) groups excluding carboxylic acids is 7. The van der Waals surface area contributed by atoms with E-state index in [1.165, 1.54) is 45.9 Å². The van der Waals surface area contributed by atoms with E-state index in [0.29, 0.717) is 27.3 Å². The molecule has 82 heavy (non-hydrogen) atoms. The minimum absolute atomic E-state index is 0.0442. The minimum atomic E-state index is -5.58. The van der Waals surface area contributed by atoms with Crippen molar-refractivity contribution in [3.8, 4) is 0 Å². The Kier molecular flexibility index (Phi) is 21.5. The van der Waals surface area contributed by atoms with Gasteiger partial charge in [-0.1, -0.05) is 111 Å². The third-order valence-electron chi connectivity index (χ3n) is 15.7. The van der Waals surface area contributed by atoms with Gasteiger partial charge in [0.05, 0.1) is 29.2 Å². The molecule has 0 saturated carbocycles. The Morgan fingerprint density at radius 1 is 0.902 bits per heavy atom. The second kappa shape index (κ2) is 26.5. The normalized spacial score (nSPS) is 23.1. The van der Waals surface area contributed by atoms with Gasteiger partial charge in [0.2, 0.25) is 17.7 Å². The molecule has 2 aromatic heterocycles. The summed E-state index contributed by atoms with van der Waals surface area (Å²) in [5.41, 5.74) is 1.02. The Labute approximate surface area is 485 Å². The number of rotatable bonds is 10. The zero-order valence-electron chi connectivity index (χ0n) is 49.8. The highest BCUT2D eigenvalue weighted by Gasteiger charge is 2.54. The van der Waals surface area contributed by atoms with Crippen LogP contribution in [0.15, 0.2) is 60.1 Å². The summed E-state index contributed by atoms with van der Waals surface area (Å²) in [7, 11) is -5.83. The van der Waals surface area contributed by atoms with E-state index in [-0.39, 0.29) is 47.4 Å². The van der Waals surface area contributed by atoms with E-state index in [1.807, 2.05) is 53.0 Å². The number of hydrogen-bond acceptors (Lipinski definition) is 14. The maximum absolute atomic E-state index is 15.4. The van der Waals surface area contributed by atoms with Gasteiger partial charge in [0.25, 0.3) is 5.91 Å². The molecule has 0 spiro atoms. The Hall–Kier alpha value is -6.29. The lowest BCUT2D eigenvalue weighted by molar-refractivity contribution is -0.193. The second-order valence-electron chi connectivity index (χ2n) is 24.0. The highest BCUT2D eigenvalue weighted by Crippen LogP contribution is 2.47. The third-order valence-corrected chi connectivity index (χ3v) is 25.7. The maximum atomic E-state index is 15.4. The topological polar surface area (TPSA) is 246 Å². The predicted octanol–water partition coefficient (Wildman–Crippen LogP) is 9.41. The number of ether oxygens (including phenoxy) is 2. The van der Waals surface area contributed by atoms with Gasteiger partial charge in [0.15, 0.2) is 16.6 Å². The molecule has 450 valence electrons. The first kappa shape index (κ1) is 66.5. The monoisotopic (exact) mass is 1200 g/mol. The quantitative estimate of drug-likeness (QED) is 0.0722. The van der Waals surface area contributed by atoms with Crippen LogP contribution in [0.1, 0.15) is 151 Å². The van der Waals surface area contributed by atoms with Crippen LogP contribution in [-0.4, -0.2) is 116 Å². The number of aromatic nitrogens is 2. The number of halogens is 3. The van der Waals surface area contributed by atoms with Gasteiger partial charge in [-0.15, -0.1) is 11.3 Å². The van der Waals surface area contributed by atoms with Crippen molar-refractivity contribution in [2.75, 3.05) is 6.54 Å². The summed E-state index contributed by atoms with van der Waals surface area (Å²) in [5.74, 6) is -8.13. The SMILES string of the molecule is C=C1NC(=O)[C@H](C)NC(=O)[C@H]([C@@H](C)CC)N(C(=O)C(F)(F)F)[C@@H]2C=Cc3c([C@H](C)O[Si](C)(C)C(C)(C)C)cc(nc3[C@H]2O[Si](C)(C)C(C)(C)C)C(=O)O[C@H](C)[C@H](NC(=O)OCc2ccccc2)c2nc(cs2)CCNC(=O)[C@H](C)NC1=O. The molecule has 1 aliphatic carbocycles. The van der Waals surface area contributed by atoms with Crippen LogP contribution < -0.4 is 26.6 Å². The number of amides is 6. The predicted molar refractivity (Wildman–Crippen MR) is 310 cm³/mol. The van der Waals surface area contributed by atoms with Crippen molar-refractivity contribution < 1.29 is 65.1 Å². The Balaban J connectivity index is 1.79. The molecule has 2 aliphatic rings. The summed E-state index contributed by atoms with van der Waals surface area (Å²) in [4.78, 5) is 108. The molecule has 3 aromatic rings. The molecule has 25 heteroatoms. The lowest BCUT2D eigenvalue weighted by Gasteiger charge is -2.47. The van der Waals surface area contributed by atoms with Crippen LogP contribution in [0.5, 0.6) is 0 Å². The second-order valence-corrected chi connectivity index (χ2v) is 34.4. The average Bonchev–Trinajstić information content (AvgIpc) is 3.98. The molecule has 6 amide bonds. The van der Waals surface area contributed by atoms with Crippen LogP contribution in [0.2, 0.25) is 36.3 Å². The molecule has 3 heterocycles. The fourth-order valence-corrected chi connectivity index (χ4v) is 12.2. The fourth-order valence-electron chi connectivity index (χ4n) is 8.55. The van der Waals surface area contributed by atoms with E-state index in [4.69, 9.17) is 28.3 Å². The van der Waals surface area contributed by atoms with E-state index < -0.39 is 130 Å². The van der Waals surface area contributed by atoms with Crippen LogP contribution in [0, 0.1) is 5.92 Å². The smallest absolute Gasteiger partial charge is 0.455 e. The van der Waals surface area contributed by atoms with Crippen molar-refractivity contribution >= 4 is 75.6 Å². The average molecular weight is 1200 g/mol. The van der Waals surface area contributed by atoms with Gasteiger partial charge >= 0.3 is 24.1 Å². The number of carbonyl (C=O) groups is 7. The number of benzene rings is 1. The van der Waals surface area contributed by atoms with Crippen LogP contribution in [0.25, 0.3) is 6.08 Å². The van der Waals surface area contributed by atoms with E-state index in [0.717, 1.165) is 11.3 Å². The van der Waals surface area contributed by atoms with Gasteiger partial charge in [0, 0.05) is 23.9 Å². The number of nitrogens with zero attached hydrogens (tertiary/aromatic N) is 3. The lowest BCUT2D eigenvalue weighted by Crippen LogP contribution is -2.63. The number of alkyl halides is 3. The molecule has 5 N–H and O–H groups in total. The number of alkyl carbamates (subject to hydrolysis) is 1. The van der Waals surface area contributed by atoms with Crippen LogP contribution in [-0.2, 0) is 55.3 Å². The van der Waals surface area contributed by atoms with E-state index >= 15 is 18.0 Å². The standard InChI is InChI=1S/C57H81F3N8O11SSi2/c1-18-31(2)45-50(72)64-34(5)49(71)63-33(4)48(70)62-32(3)47(69)61-27-26-38-30-80-51(65-38)43(67-54(75)76-29-37-22-20-19-21-23-37)36(7)77-52(73)41-28-40(35(6)78-81(14,15)55(8,9)10)39-24-25-42(68(45)53(74)57(58,59)60)46(44(39)66-41)79-82(16,17)56(11,12)13/h19-25,28,30-32,34-36,42-43,45-46H,4,18,26-27,29H2,1-3,5-17H3,(H,61,69)(H,62,70)(H,63,71)(H,64,72)(H,67,75)/t31-,32-,34-,35-,36+,42+,43-,45-,46-/m0/s1. The minimum Gasteiger partial charge on any atom is -0.455 e. The zero-order chi connectivity index (χ0) is 61.6. The first-order valence-corrected chi connectivity index (χ1v) is 34.1. The summed E-state index contributed by atoms with van der Waals surface area (Å²) < 4.78 is 72.2. The molecule has 1 aromatic carbocycles. The molecule has 1 aliphatic heterocycles. The number of thiazole rings is 1. The van der Waals surface area contributed by atoms with Crippen molar-refractivity contribution in [1.82, 2.24) is 41.5 Å². The Morgan fingerprint density at radius 3 is 2.12 bits per heavy atom. The van der Waals surface area contributed by atoms with Crippen molar-refractivity contribution in [2.24, 2.45) is 5.92 Å². The van der Waals surface area contributed by atoms with Gasteiger partial charge in [-0.2, -0.15) is 13.2 Å². The summed E-state index contributed by atoms with van der Waals surface area (Å²) in [6.07, 6.45) is -6.95. The molecule has 0 radical (unpaired) electrons. The van der Waals surface area contributed by atoms with Crippen molar-refractivity contribution in [2.45, 2.75) is 193 Å². The number of pyridine rings is 1. The maximum Gasteiger partial charge on any atom is 0.471 e. The van der Waals surface area contributed by atoms with Crippen LogP contribution >= 0.6 is 11.3 Å². The van der Waals surface area contributed by atoms with E-state index in [1.54, 1.807) is 43.5 Å². The zero-order valence-corrected chi connectivity index (χ0v) is 52.6. The van der Waals surface area contributed by atoms with Crippen molar-refractivity contribution in [3.05, 3.63) is 98.9 Å². The molecule has 19 nitrogen and oxygen atoms in total.